The molecule has 0 heterocycles. The molecule has 2 aromatic rings. The first-order valence-electron chi connectivity index (χ1n) is 7.64. The van der Waals surface area contributed by atoms with Gasteiger partial charge in [-0.2, -0.15) is 0 Å². The van der Waals surface area contributed by atoms with E-state index < -0.39 is 11.9 Å². The van der Waals surface area contributed by atoms with Crippen molar-refractivity contribution < 1.29 is 19.4 Å². The Bertz CT molecular complexity index is 662. The van der Waals surface area contributed by atoms with Crippen LogP contribution in [-0.4, -0.2) is 24.8 Å². The average Bonchev–Trinajstić information content (AvgIpc) is 2.54. The van der Waals surface area contributed by atoms with Gasteiger partial charge in [-0.15, -0.1) is 0 Å². The number of methoxy groups -OCH3 is 1. The summed E-state index contributed by atoms with van der Waals surface area (Å²) in [6.45, 7) is 4.37. The minimum atomic E-state index is -0.848. The number of rotatable bonds is 7. The molecule has 23 heavy (non-hydrogen) atoms. The molecule has 0 aromatic heterocycles. The zero-order valence-corrected chi connectivity index (χ0v) is 13.7. The molecule has 4 heteroatoms. The van der Waals surface area contributed by atoms with Crippen LogP contribution in [0.15, 0.2) is 42.5 Å². The molecule has 1 atom stereocenters. The van der Waals surface area contributed by atoms with E-state index in [4.69, 9.17) is 9.47 Å². The molecule has 1 N–H and O–H groups in total. The Morgan fingerprint density at radius 1 is 1.17 bits per heavy atom. The van der Waals surface area contributed by atoms with Crippen LogP contribution in [0.1, 0.15) is 29.5 Å². The van der Waals surface area contributed by atoms with E-state index in [1.807, 2.05) is 56.3 Å². The van der Waals surface area contributed by atoms with Gasteiger partial charge in [0.2, 0.25) is 0 Å². The summed E-state index contributed by atoms with van der Waals surface area (Å²) in [6.07, 6.45) is 0.352. The maximum atomic E-state index is 11.7. The fraction of sp³-hybridized carbons (Fsp3) is 0.316. The van der Waals surface area contributed by atoms with E-state index in [2.05, 4.69) is 0 Å². The number of carbonyl (C=O) groups is 1. The van der Waals surface area contributed by atoms with E-state index in [9.17, 15) is 9.90 Å². The van der Waals surface area contributed by atoms with Gasteiger partial charge in [-0.3, -0.25) is 4.79 Å². The summed E-state index contributed by atoms with van der Waals surface area (Å²) >= 11 is 0. The van der Waals surface area contributed by atoms with Crippen LogP contribution >= 0.6 is 0 Å². The average molecular weight is 314 g/mol. The van der Waals surface area contributed by atoms with Crippen LogP contribution in [0, 0.1) is 6.92 Å². The fourth-order valence-electron chi connectivity index (χ4n) is 2.56. The first kappa shape index (κ1) is 16.9. The molecular formula is C19H22O4. The molecule has 0 aliphatic rings. The lowest BCUT2D eigenvalue weighted by Gasteiger charge is -2.18. The molecule has 0 aliphatic heterocycles. The third-order valence-electron chi connectivity index (χ3n) is 3.77. The molecule has 0 radical (unpaired) electrons. The SMILES string of the molecule is CCOc1c(CC(C(=O)O)c2ccc(C)cc2)cccc1OC. The van der Waals surface area contributed by atoms with E-state index in [1.165, 1.54) is 0 Å². The normalized spacial score (nSPS) is 11.8. The van der Waals surface area contributed by atoms with Crippen LogP contribution in [0.2, 0.25) is 0 Å². The second-order valence-electron chi connectivity index (χ2n) is 5.39. The first-order valence-corrected chi connectivity index (χ1v) is 7.64. The summed E-state index contributed by atoms with van der Waals surface area (Å²) in [5.41, 5.74) is 2.72. The van der Waals surface area contributed by atoms with Crippen molar-refractivity contribution in [1.29, 1.82) is 0 Å². The van der Waals surface area contributed by atoms with Crippen LogP contribution in [0.25, 0.3) is 0 Å². The molecule has 4 nitrogen and oxygen atoms in total. The topological polar surface area (TPSA) is 55.8 Å². The predicted octanol–water partition coefficient (Wildman–Crippen LogP) is 3.81. The number of hydrogen-bond donors (Lipinski definition) is 1. The van der Waals surface area contributed by atoms with Gasteiger partial charge < -0.3 is 14.6 Å². The second-order valence-corrected chi connectivity index (χ2v) is 5.39. The number of ether oxygens (including phenoxy) is 2. The highest BCUT2D eigenvalue weighted by Crippen LogP contribution is 2.34. The summed E-state index contributed by atoms with van der Waals surface area (Å²) in [4.78, 5) is 11.7. The van der Waals surface area contributed by atoms with Crippen molar-refractivity contribution in [2.75, 3.05) is 13.7 Å². The van der Waals surface area contributed by atoms with Gasteiger partial charge in [0.25, 0.3) is 0 Å². The quantitative estimate of drug-likeness (QED) is 0.844. The largest absolute Gasteiger partial charge is 0.493 e. The number of aliphatic carboxylic acids is 1. The summed E-state index contributed by atoms with van der Waals surface area (Å²) in [7, 11) is 1.58. The predicted molar refractivity (Wildman–Crippen MR) is 89.4 cm³/mol. The zero-order chi connectivity index (χ0) is 16.8. The number of benzene rings is 2. The van der Waals surface area contributed by atoms with Crippen molar-refractivity contribution in [3.63, 3.8) is 0 Å². The first-order chi connectivity index (χ1) is 11.1. The number of hydrogen-bond acceptors (Lipinski definition) is 3. The van der Waals surface area contributed by atoms with Crippen LogP contribution in [0.4, 0.5) is 0 Å². The lowest BCUT2D eigenvalue weighted by Crippen LogP contribution is -2.15. The van der Waals surface area contributed by atoms with Gasteiger partial charge in [0.05, 0.1) is 19.6 Å². The molecule has 0 fully saturated rings. The Morgan fingerprint density at radius 2 is 1.87 bits per heavy atom. The number of para-hydroxylation sites is 1. The monoisotopic (exact) mass is 314 g/mol. The highest BCUT2D eigenvalue weighted by atomic mass is 16.5. The van der Waals surface area contributed by atoms with Crippen molar-refractivity contribution in [1.82, 2.24) is 0 Å². The molecule has 2 aromatic carbocycles. The third-order valence-corrected chi connectivity index (χ3v) is 3.77. The molecule has 0 saturated heterocycles. The standard InChI is InChI=1S/C19H22O4/c1-4-23-18-15(6-5-7-17(18)22-3)12-16(19(20)21)14-10-8-13(2)9-11-14/h5-11,16H,4,12H2,1-3H3,(H,20,21). The Morgan fingerprint density at radius 3 is 2.43 bits per heavy atom. The Labute approximate surface area is 136 Å². The van der Waals surface area contributed by atoms with E-state index in [0.717, 1.165) is 16.7 Å². The van der Waals surface area contributed by atoms with E-state index in [-0.39, 0.29) is 0 Å². The van der Waals surface area contributed by atoms with Crippen molar-refractivity contribution in [3.8, 4) is 11.5 Å². The van der Waals surface area contributed by atoms with Crippen LogP contribution in [0.5, 0.6) is 11.5 Å². The smallest absolute Gasteiger partial charge is 0.311 e. The van der Waals surface area contributed by atoms with Crippen LogP contribution < -0.4 is 9.47 Å². The number of carboxylic acids is 1. The molecular weight excluding hydrogens is 292 g/mol. The van der Waals surface area contributed by atoms with Gasteiger partial charge in [-0.25, -0.2) is 0 Å². The Balaban J connectivity index is 2.37. The van der Waals surface area contributed by atoms with Crippen molar-refractivity contribution in [2.45, 2.75) is 26.2 Å². The van der Waals surface area contributed by atoms with E-state index in [0.29, 0.717) is 24.5 Å². The van der Waals surface area contributed by atoms with Crippen LogP contribution in [-0.2, 0) is 11.2 Å². The summed E-state index contributed by atoms with van der Waals surface area (Å²) in [6, 6.07) is 13.2. The molecule has 2 rings (SSSR count). The lowest BCUT2D eigenvalue weighted by molar-refractivity contribution is -0.138. The highest BCUT2D eigenvalue weighted by molar-refractivity contribution is 5.76. The van der Waals surface area contributed by atoms with Crippen molar-refractivity contribution in [3.05, 3.63) is 59.2 Å². The van der Waals surface area contributed by atoms with Crippen molar-refractivity contribution >= 4 is 5.97 Å². The minimum Gasteiger partial charge on any atom is -0.493 e. The third kappa shape index (κ3) is 4.03. The molecule has 122 valence electrons. The molecule has 0 saturated carbocycles. The molecule has 0 amide bonds. The van der Waals surface area contributed by atoms with E-state index >= 15 is 0 Å². The van der Waals surface area contributed by atoms with Gasteiger partial charge >= 0.3 is 5.97 Å². The lowest BCUT2D eigenvalue weighted by atomic mass is 9.91. The summed E-state index contributed by atoms with van der Waals surface area (Å²) in [5, 5.41) is 9.63. The van der Waals surface area contributed by atoms with Gasteiger partial charge in [0.1, 0.15) is 0 Å². The minimum absolute atomic E-state index is 0.352. The zero-order valence-electron chi connectivity index (χ0n) is 13.7. The van der Waals surface area contributed by atoms with Crippen molar-refractivity contribution in [2.24, 2.45) is 0 Å². The summed E-state index contributed by atoms with van der Waals surface area (Å²) < 4.78 is 11.0. The second kappa shape index (κ2) is 7.68. The Kier molecular flexibility index (Phi) is 5.63. The molecule has 0 spiro atoms. The molecule has 1 unspecified atom stereocenters. The number of carboxylic acid groups (broad SMARTS) is 1. The number of aryl methyl sites for hydroxylation is 1. The fourth-order valence-corrected chi connectivity index (χ4v) is 2.56. The van der Waals surface area contributed by atoms with Gasteiger partial charge in [-0.05, 0) is 37.5 Å². The van der Waals surface area contributed by atoms with Gasteiger partial charge in [-0.1, -0.05) is 42.0 Å². The van der Waals surface area contributed by atoms with Gasteiger partial charge in [0.15, 0.2) is 11.5 Å². The Hall–Kier alpha value is -2.49. The maximum absolute atomic E-state index is 11.7. The van der Waals surface area contributed by atoms with E-state index in [1.54, 1.807) is 7.11 Å². The molecule has 0 bridgehead atoms. The summed E-state index contributed by atoms with van der Waals surface area (Å²) in [5.74, 6) is -0.228. The molecule has 0 aliphatic carbocycles. The van der Waals surface area contributed by atoms with Gasteiger partial charge in [0, 0.05) is 0 Å². The van der Waals surface area contributed by atoms with Crippen LogP contribution in [0.3, 0.4) is 0 Å². The maximum Gasteiger partial charge on any atom is 0.311 e. The highest BCUT2D eigenvalue weighted by Gasteiger charge is 2.23.